The molecule has 1 aliphatic heterocycles. The molecule has 0 bridgehead atoms. The summed E-state index contributed by atoms with van der Waals surface area (Å²) in [6.45, 7) is 1.60. The minimum Gasteiger partial charge on any atom is -0.407 e. The predicted molar refractivity (Wildman–Crippen MR) is 121 cm³/mol. The van der Waals surface area contributed by atoms with Crippen LogP contribution in [0.3, 0.4) is 0 Å². The number of H-pyrrole nitrogens is 1. The van der Waals surface area contributed by atoms with Gasteiger partial charge in [0.2, 0.25) is 5.88 Å². The van der Waals surface area contributed by atoms with Crippen molar-refractivity contribution >= 4 is 5.97 Å². The van der Waals surface area contributed by atoms with Crippen molar-refractivity contribution in [1.29, 1.82) is 0 Å². The van der Waals surface area contributed by atoms with E-state index in [-0.39, 0.29) is 17.3 Å². The third-order valence-electron chi connectivity index (χ3n) is 6.03. The number of nitrogens with one attached hydrogen (secondary N) is 1. The summed E-state index contributed by atoms with van der Waals surface area (Å²) in [5, 5.41) is 0. The smallest absolute Gasteiger partial charge is 0.407 e. The number of nitrogens with zero attached hydrogens (tertiary/aromatic N) is 1. The van der Waals surface area contributed by atoms with Gasteiger partial charge in [0.15, 0.2) is 0 Å². The quantitative estimate of drug-likeness (QED) is 0.362. The predicted octanol–water partition coefficient (Wildman–Crippen LogP) is 6.31. The van der Waals surface area contributed by atoms with E-state index in [1.54, 1.807) is 13.0 Å². The van der Waals surface area contributed by atoms with Crippen LogP contribution in [-0.4, -0.2) is 15.9 Å². The number of imidazole rings is 1. The Kier molecular flexibility index (Phi) is 5.48. The van der Waals surface area contributed by atoms with E-state index in [4.69, 9.17) is 4.74 Å². The molecule has 1 N–H and O–H groups in total. The monoisotopic (exact) mass is 462 g/mol. The number of hydrogen-bond acceptors (Lipinski definition) is 3. The Hall–Kier alpha value is -3.87. The van der Waals surface area contributed by atoms with Crippen molar-refractivity contribution in [1.82, 2.24) is 9.97 Å². The van der Waals surface area contributed by atoms with Gasteiger partial charge in [-0.05, 0) is 48.2 Å². The highest BCUT2D eigenvalue weighted by atomic mass is 19.4. The van der Waals surface area contributed by atoms with E-state index in [0.717, 1.165) is 23.3 Å². The molecule has 7 heteroatoms. The van der Waals surface area contributed by atoms with E-state index >= 15 is 0 Å². The maximum Gasteiger partial charge on any atom is 0.416 e. The summed E-state index contributed by atoms with van der Waals surface area (Å²) in [7, 11) is 0. The lowest BCUT2D eigenvalue weighted by Crippen LogP contribution is -2.34. The molecule has 1 aromatic heterocycles. The lowest BCUT2D eigenvalue weighted by Gasteiger charge is -2.29. The second-order valence-corrected chi connectivity index (χ2v) is 8.49. The number of ether oxygens (including phenoxy) is 1. The average molecular weight is 462 g/mol. The highest BCUT2D eigenvalue weighted by Crippen LogP contribution is 2.43. The van der Waals surface area contributed by atoms with Crippen molar-refractivity contribution < 1.29 is 22.7 Å². The van der Waals surface area contributed by atoms with Crippen LogP contribution in [0.2, 0.25) is 0 Å². The highest BCUT2D eigenvalue weighted by molar-refractivity contribution is 5.80. The number of halogens is 3. The van der Waals surface area contributed by atoms with E-state index < -0.39 is 29.5 Å². The molecule has 2 heterocycles. The van der Waals surface area contributed by atoms with Crippen LogP contribution in [0.4, 0.5) is 13.2 Å². The molecule has 1 aliphatic rings. The number of aromatic nitrogens is 2. The van der Waals surface area contributed by atoms with Gasteiger partial charge in [0.05, 0.1) is 11.5 Å². The molecule has 0 fully saturated rings. The molecule has 5 rings (SSSR count). The molecule has 0 aliphatic carbocycles. The fourth-order valence-electron chi connectivity index (χ4n) is 4.50. The Labute approximate surface area is 194 Å². The Bertz CT molecular complexity index is 1330. The molecule has 0 radical (unpaired) electrons. The summed E-state index contributed by atoms with van der Waals surface area (Å²) in [5.74, 6) is -0.937. The molecule has 0 saturated heterocycles. The Morgan fingerprint density at radius 2 is 1.65 bits per heavy atom. The third kappa shape index (κ3) is 4.21. The molecule has 4 aromatic rings. The van der Waals surface area contributed by atoms with Crippen LogP contribution in [0.5, 0.6) is 5.88 Å². The molecule has 4 nitrogen and oxygen atoms in total. The van der Waals surface area contributed by atoms with Gasteiger partial charge in [-0.25, -0.2) is 4.98 Å². The van der Waals surface area contributed by atoms with E-state index in [1.807, 2.05) is 60.7 Å². The SMILES string of the molecule is Cc1cc(-c2nc3c([nH]2)OC(=O)[C@@H](Cc2ccccc2)[C@H]3c2ccccc2)cc(C(F)(F)F)c1. The van der Waals surface area contributed by atoms with Gasteiger partial charge in [0, 0.05) is 11.5 Å². The van der Waals surface area contributed by atoms with Gasteiger partial charge in [0.1, 0.15) is 11.5 Å². The largest absolute Gasteiger partial charge is 0.416 e. The first-order valence-electron chi connectivity index (χ1n) is 10.9. The van der Waals surface area contributed by atoms with Crippen LogP contribution in [0.25, 0.3) is 11.4 Å². The summed E-state index contributed by atoms with van der Waals surface area (Å²) in [5.41, 5.74) is 2.37. The summed E-state index contributed by atoms with van der Waals surface area (Å²) in [6.07, 6.45) is -4.03. The molecule has 3 aromatic carbocycles. The number of hydrogen-bond donors (Lipinski definition) is 1. The van der Waals surface area contributed by atoms with Gasteiger partial charge in [-0.2, -0.15) is 13.2 Å². The topological polar surface area (TPSA) is 55.0 Å². The van der Waals surface area contributed by atoms with Gasteiger partial charge in [0.25, 0.3) is 0 Å². The van der Waals surface area contributed by atoms with Gasteiger partial charge in [-0.15, -0.1) is 0 Å². The van der Waals surface area contributed by atoms with Crippen molar-refractivity contribution in [3.05, 3.63) is 107 Å². The molecule has 172 valence electrons. The Balaban J connectivity index is 1.61. The van der Waals surface area contributed by atoms with Crippen molar-refractivity contribution in [2.24, 2.45) is 5.92 Å². The van der Waals surface area contributed by atoms with Gasteiger partial charge < -0.3 is 9.72 Å². The summed E-state index contributed by atoms with van der Waals surface area (Å²) >= 11 is 0. The van der Waals surface area contributed by atoms with Gasteiger partial charge in [-0.3, -0.25) is 4.79 Å². The number of fused-ring (bicyclic) bond motifs is 1. The van der Waals surface area contributed by atoms with Crippen molar-refractivity contribution in [3.63, 3.8) is 0 Å². The van der Waals surface area contributed by atoms with Crippen molar-refractivity contribution in [3.8, 4) is 17.3 Å². The molecule has 34 heavy (non-hydrogen) atoms. The van der Waals surface area contributed by atoms with Crippen LogP contribution in [0, 0.1) is 12.8 Å². The first-order chi connectivity index (χ1) is 16.3. The van der Waals surface area contributed by atoms with Gasteiger partial charge in [-0.1, -0.05) is 60.7 Å². The van der Waals surface area contributed by atoms with Crippen molar-refractivity contribution in [2.45, 2.75) is 25.4 Å². The zero-order chi connectivity index (χ0) is 23.9. The Morgan fingerprint density at radius 3 is 2.32 bits per heavy atom. The zero-order valence-corrected chi connectivity index (χ0v) is 18.3. The lowest BCUT2D eigenvalue weighted by atomic mass is 9.79. The van der Waals surface area contributed by atoms with Crippen LogP contribution < -0.4 is 4.74 Å². The van der Waals surface area contributed by atoms with Crippen LogP contribution in [0.15, 0.2) is 78.9 Å². The number of rotatable bonds is 4. The van der Waals surface area contributed by atoms with Crippen LogP contribution in [-0.2, 0) is 17.4 Å². The zero-order valence-electron chi connectivity index (χ0n) is 18.3. The Morgan fingerprint density at radius 1 is 0.971 bits per heavy atom. The third-order valence-corrected chi connectivity index (χ3v) is 6.03. The van der Waals surface area contributed by atoms with Gasteiger partial charge >= 0.3 is 12.1 Å². The number of benzene rings is 3. The maximum absolute atomic E-state index is 13.4. The minimum absolute atomic E-state index is 0.174. The van der Waals surface area contributed by atoms with Crippen molar-refractivity contribution in [2.75, 3.05) is 0 Å². The van der Waals surface area contributed by atoms with Crippen LogP contribution in [0.1, 0.15) is 33.9 Å². The number of carbonyl (C=O) groups is 1. The standard InChI is InChI=1S/C27H21F3N2O2/c1-16-12-19(15-20(13-16)27(28,29)30)24-31-23-22(18-10-6-3-7-11-18)21(26(33)34-25(23)32-24)14-17-8-4-2-5-9-17/h2-13,15,21-22H,14H2,1H3,(H,31,32)/t21-,22+/m0/s1. The second kappa shape index (κ2) is 8.48. The summed E-state index contributed by atoms with van der Waals surface area (Å²) in [4.78, 5) is 20.7. The normalized spacial score (nSPS) is 17.8. The molecular formula is C27H21F3N2O2. The molecule has 0 amide bonds. The maximum atomic E-state index is 13.4. The molecule has 0 spiro atoms. The highest BCUT2D eigenvalue weighted by Gasteiger charge is 2.41. The lowest BCUT2D eigenvalue weighted by molar-refractivity contribution is -0.141. The fourth-order valence-corrected chi connectivity index (χ4v) is 4.50. The number of alkyl halides is 3. The van der Waals surface area contributed by atoms with E-state index in [0.29, 0.717) is 17.7 Å². The number of carbonyl (C=O) groups excluding carboxylic acids is 1. The van der Waals surface area contributed by atoms with E-state index in [1.165, 1.54) is 0 Å². The van der Waals surface area contributed by atoms with E-state index in [2.05, 4.69) is 9.97 Å². The molecule has 2 atom stereocenters. The molecule has 0 saturated carbocycles. The second-order valence-electron chi connectivity index (χ2n) is 8.49. The number of aryl methyl sites for hydroxylation is 1. The average Bonchev–Trinajstić information content (AvgIpc) is 3.23. The first-order valence-corrected chi connectivity index (χ1v) is 10.9. The molecule has 0 unspecified atom stereocenters. The van der Waals surface area contributed by atoms with Crippen LogP contribution >= 0.6 is 0 Å². The number of aromatic amines is 1. The first kappa shape index (κ1) is 21.9. The fraction of sp³-hybridized carbons (Fsp3) is 0.185. The minimum atomic E-state index is -4.48. The molecular weight excluding hydrogens is 441 g/mol. The number of esters is 1. The van der Waals surface area contributed by atoms with E-state index in [9.17, 15) is 18.0 Å². The summed E-state index contributed by atoms with van der Waals surface area (Å²) < 4.78 is 45.8. The summed E-state index contributed by atoms with van der Waals surface area (Å²) in [6, 6.07) is 22.9.